The van der Waals surface area contributed by atoms with Crippen molar-refractivity contribution >= 4 is 11.9 Å². The smallest absolute Gasteiger partial charge is 0.162 e. The van der Waals surface area contributed by atoms with E-state index < -0.39 is 0 Å². The van der Waals surface area contributed by atoms with Crippen molar-refractivity contribution in [3.63, 3.8) is 0 Å². The third-order valence-corrected chi connectivity index (χ3v) is 3.29. The molecule has 0 aromatic heterocycles. The van der Waals surface area contributed by atoms with Gasteiger partial charge in [-0.25, -0.2) is 0 Å². The molecule has 0 amide bonds. The van der Waals surface area contributed by atoms with Gasteiger partial charge in [0.1, 0.15) is 0 Å². The lowest BCUT2D eigenvalue weighted by molar-refractivity contribution is -0.112. The van der Waals surface area contributed by atoms with Gasteiger partial charge in [0.25, 0.3) is 0 Å². The molecule has 3 nitrogen and oxygen atoms in total. The summed E-state index contributed by atoms with van der Waals surface area (Å²) in [6.45, 7) is 1.54. The number of carbonyl (C=O) groups excluding carboxylic acids is 1. The Morgan fingerprint density at radius 3 is 2.63 bits per heavy atom. The van der Waals surface area contributed by atoms with Gasteiger partial charge >= 0.3 is 0 Å². The van der Waals surface area contributed by atoms with Gasteiger partial charge in [0.2, 0.25) is 0 Å². The normalized spacial score (nSPS) is 15.9. The molecule has 1 aromatic carbocycles. The van der Waals surface area contributed by atoms with Crippen LogP contribution in [0.15, 0.2) is 24.3 Å². The van der Waals surface area contributed by atoms with E-state index in [0.29, 0.717) is 6.10 Å². The summed E-state index contributed by atoms with van der Waals surface area (Å²) in [7, 11) is 1.64. The van der Waals surface area contributed by atoms with E-state index in [2.05, 4.69) is 0 Å². The summed E-state index contributed by atoms with van der Waals surface area (Å²) in [4.78, 5) is 11.0. The summed E-state index contributed by atoms with van der Waals surface area (Å²) >= 11 is 0. The number of ketones is 1. The van der Waals surface area contributed by atoms with Crippen molar-refractivity contribution in [1.29, 1.82) is 0 Å². The van der Waals surface area contributed by atoms with Gasteiger partial charge in [0.15, 0.2) is 17.3 Å². The number of hydrogen-bond donors (Lipinski definition) is 0. The van der Waals surface area contributed by atoms with E-state index >= 15 is 0 Å². The van der Waals surface area contributed by atoms with Crippen molar-refractivity contribution in [1.82, 2.24) is 0 Å². The number of carbonyl (C=O) groups is 1. The van der Waals surface area contributed by atoms with E-state index in [1.807, 2.05) is 18.2 Å². The molecule has 0 spiro atoms. The predicted molar refractivity (Wildman–Crippen MR) is 75.6 cm³/mol. The Labute approximate surface area is 114 Å². The summed E-state index contributed by atoms with van der Waals surface area (Å²) in [5, 5.41) is 0. The molecule has 19 heavy (non-hydrogen) atoms. The van der Waals surface area contributed by atoms with Crippen LogP contribution in [0.5, 0.6) is 11.5 Å². The average Bonchev–Trinajstić information content (AvgIpc) is 2.89. The second-order valence-electron chi connectivity index (χ2n) is 4.88. The summed E-state index contributed by atoms with van der Waals surface area (Å²) in [5.41, 5.74) is 0.948. The maximum Gasteiger partial charge on any atom is 0.162 e. The zero-order valence-electron chi connectivity index (χ0n) is 11.5. The van der Waals surface area contributed by atoms with Crippen LogP contribution in [0.3, 0.4) is 0 Å². The Kier molecular flexibility index (Phi) is 4.61. The van der Waals surface area contributed by atoms with Gasteiger partial charge in [-0.2, -0.15) is 0 Å². The van der Waals surface area contributed by atoms with Gasteiger partial charge in [-0.1, -0.05) is 12.1 Å². The maximum atomic E-state index is 11.0. The van der Waals surface area contributed by atoms with Crippen molar-refractivity contribution < 1.29 is 14.3 Å². The molecule has 1 fully saturated rings. The molecule has 0 N–H and O–H groups in total. The first kappa shape index (κ1) is 13.7. The molecule has 0 unspecified atom stereocenters. The molecule has 0 aliphatic heterocycles. The van der Waals surface area contributed by atoms with Crippen LogP contribution in [-0.2, 0) is 4.79 Å². The van der Waals surface area contributed by atoms with Gasteiger partial charge in [-0.15, -0.1) is 0 Å². The molecule has 0 bridgehead atoms. The summed E-state index contributed by atoms with van der Waals surface area (Å²) in [5.74, 6) is 1.54. The van der Waals surface area contributed by atoms with E-state index in [9.17, 15) is 4.79 Å². The first-order valence-corrected chi connectivity index (χ1v) is 6.72. The van der Waals surface area contributed by atoms with Gasteiger partial charge in [-0.05, 0) is 56.4 Å². The number of hydrogen-bond acceptors (Lipinski definition) is 3. The second kappa shape index (κ2) is 6.41. The molecule has 1 aliphatic carbocycles. The molecule has 1 aliphatic rings. The lowest BCUT2D eigenvalue weighted by Gasteiger charge is -2.16. The minimum absolute atomic E-state index is 0.0362. The zero-order chi connectivity index (χ0) is 13.7. The van der Waals surface area contributed by atoms with Gasteiger partial charge in [-0.3, -0.25) is 4.79 Å². The highest BCUT2D eigenvalue weighted by atomic mass is 16.5. The summed E-state index contributed by atoms with van der Waals surface area (Å²) in [6.07, 6.45) is 8.33. The molecule has 0 radical (unpaired) electrons. The zero-order valence-corrected chi connectivity index (χ0v) is 11.5. The van der Waals surface area contributed by atoms with Crippen LogP contribution in [0.4, 0.5) is 0 Å². The highest BCUT2D eigenvalue weighted by Gasteiger charge is 2.18. The van der Waals surface area contributed by atoms with Crippen molar-refractivity contribution in [3.8, 4) is 11.5 Å². The topological polar surface area (TPSA) is 35.5 Å². The molecule has 102 valence electrons. The maximum absolute atomic E-state index is 11.0. The minimum Gasteiger partial charge on any atom is -0.493 e. The summed E-state index contributed by atoms with van der Waals surface area (Å²) in [6, 6.07) is 5.72. The number of allylic oxidation sites excluding steroid dienone is 1. The van der Waals surface area contributed by atoms with Crippen LogP contribution in [0.2, 0.25) is 0 Å². The molecular formula is C16H20O3. The number of benzene rings is 1. The van der Waals surface area contributed by atoms with Gasteiger partial charge < -0.3 is 9.47 Å². The predicted octanol–water partition coefficient (Wildman–Crippen LogP) is 3.62. The first-order chi connectivity index (χ1) is 9.19. The standard InChI is InChI=1S/C16H20O3/c1-12(17)7-8-13-9-10-15(18-2)16(11-13)19-14-5-3-4-6-14/h7-11,14H,3-6H2,1-2H3. The largest absolute Gasteiger partial charge is 0.493 e. The van der Waals surface area contributed by atoms with E-state index in [1.165, 1.54) is 19.8 Å². The van der Waals surface area contributed by atoms with Crippen LogP contribution in [0, 0.1) is 0 Å². The quantitative estimate of drug-likeness (QED) is 0.758. The fourth-order valence-corrected chi connectivity index (χ4v) is 2.29. The molecular weight excluding hydrogens is 240 g/mol. The van der Waals surface area contributed by atoms with Crippen LogP contribution < -0.4 is 9.47 Å². The Bertz CT molecular complexity index is 471. The van der Waals surface area contributed by atoms with Crippen LogP contribution in [-0.4, -0.2) is 19.0 Å². The fraction of sp³-hybridized carbons (Fsp3) is 0.438. The van der Waals surface area contributed by atoms with Crippen molar-refractivity contribution in [3.05, 3.63) is 29.8 Å². The Balaban J connectivity index is 2.17. The highest BCUT2D eigenvalue weighted by molar-refractivity contribution is 5.91. The Morgan fingerprint density at radius 2 is 2.00 bits per heavy atom. The van der Waals surface area contributed by atoms with Crippen molar-refractivity contribution in [2.45, 2.75) is 38.7 Å². The Morgan fingerprint density at radius 1 is 1.26 bits per heavy atom. The monoisotopic (exact) mass is 260 g/mol. The molecule has 0 heterocycles. The third-order valence-electron chi connectivity index (χ3n) is 3.29. The molecule has 0 saturated heterocycles. The number of methoxy groups -OCH3 is 1. The third kappa shape index (κ3) is 3.85. The molecule has 1 saturated carbocycles. The van der Waals surface area contributed by atoms with Gasteiger partial charge in [0.05, 0.1) is 13.2 Å². The summed E-state index contributed by atoms with van der Waals surface area (Å²) < 4.78 is 11.3. The van der Waals surface area contributed by atoms with E-state index in [1.54, 1.807) is 19.3 Å². The molecule has 0 atom stereocenters. The van der Waals surface area contributed by atoms with Crippen LogP contribution in [0.25, 0.3) is 6.08 Å². The van der Waals surface area contributed by atoms with Crippen LogP contribution >= 0.6 is 0 Å². The lowest BCUT2D eigenvalue weighted by atomic mass is 10.1. The SMILES string of the molecule is COc1ccc(C=CC(C)=O)cc1OC1CCCC1. The molecule has 2 rings (SSSR count). The first-order valence-electron chi connectivity index (χ1n) is 6.72. The Hall–Kier alpha value is -1.77. The highest BCUT2D eigenvalue weighted by Crippen LogP contribution is 2.32. The molecule has 1 aromatic rings. The number of ether oxygens (including phenoxy) is 2. The second-order valence-corrected chi connectivity index (χ2v) is 4.88. The van der Waals surface area contributed by atoms with E-state index in [-0.39, 0.29) is 5.78 Å². The van der Waals surface area contributed by atoms with Crippen LogP contribution in [0.1, 0.15) is 38.2 Å². The van der Waals surface area contributed by atoms with E-state index in [0.717, 1.165) is 29.9 Å². The van der Waals surface area contributed by atoms with E-state index in [4.69, 9.17) is 9.47 Å². The van der Waals surface area contributed by atoms with Crippen molar-refractivity contribution in [2.24, 2.45) is 0 Å². The van der Waals surface area contributed by atoms with Gasteiger partial charge in [0, 0.05) is 0 Å². The van der Waals surface area contributed by atoms with Crippen molar-refractivity contribution in [2.75, 3.05) is 7.11 Å². The molecule has 3 heteroatoms. The minimum atomic E-state index is 0.0362. The lowest BCUT2D eigenvalue weighted by Crippen LogP contribution is -2.11. The number of rotatable bonds is 5. The fourth-order valence-electron chi connectivity index (χ4n) is 2.29. The average molecular weight is 260 g/mol.